The Morgan fingerprint density at radius 3 is 2.78 bits per heavy atom. The number of nitrogens with zero attached hydrogens (tertiary/aromatic N) is 1. The molecule has 1 aliphatic heterocycles. The molecule has 0 aromatic rings. The van der Waals surface area contributed by atoms with Crippen LogP contribution in [0.2, 0.25) is 0 Å². The van der Waals surface area contributed by atoms with Crippen molar-refractivity contribution in [2.75, 3.05) is 26.7 Å². The molecule has 3 N–H and O–H groups in total. The Morgan fingerprint density at radius 1 is 1.39 bits per heavy atom. The molecule has 0 spiro atoms. The third-order valence-electron chi connectivity index (χ3n) is 4.66. The fourth-order valence-electron chi connectivity index (χ4n) is 3.24. The van der Waals surface area contributed by atoms with Gasteiger partial charge < -0.3 is 16.0 Å². The highest BCUT2D eigenvalue weighted by Gasteiger charge is 2.30. The summed E-state index contributed by atoms with van der Waals surface area (Å²) in [6.07, 6.45) is 4.12. The fraction of sp³-hybridized carbons (Fsp3) is 0.929. The van der Waals surface area contributed by atoms with Crippen LogP contribution in [0.5, 0.6) is 0 Å². The van der Waals surface area contributed by atoms with Crippen molar-refractivity contribution >= 4 is 5.91 Å². The fourth-order valence-corrected chi connectivity index (χ4v) is 3.24. The van der Waals surface area contributed by atoms with Crippen LogP contribution in [0.1, 0.15) is 32.6 Å². The number of carbonyl (C=O) groups excluding carboxylic acids is 1. The summed E-state index contributed by atoms with van der Waals surface area (Å²) in [5, 5.41) is 3.14. The lowest BCUT2D eigenvalue weighted by molar-refractivity contribution is -0.126. The maximum absolute atomic E-state index is 12.1. The minimum Gasteiger partial charge on any atom is -0.356 e. The molecule has 0 bridgehead atoms. The van der Waals surface area contributed by atoms with Crippen molar-refractivity contribution in [3.8, 4) is 0 Å². The molecule has 0 radical (unpaired) electrons. The van der Waals surface area contributed by atoms with Crippen LogP contribution >= 0.6 is 0 Å². The number of nitrogens with one attached hydrogen (secondary N) is 1. The molecule has 2 fully saturated rings. The van der Waals surface area contributed by atoms with Crippen LogP contribution in [-0.2, 0) is 4.79 Å². The van der Waals surface area contributed by atoms with Gasteiger partial charge in [0.1, 0.15) is 0 Å². The van der Waals surface area contributed by atoms with Crippen molar-refractivity contribution in [1.29, 1.82) is 0 Å². The van der Waals surface area contributed by atoms with E-state index in [-0.39, 0.29) is 17.9 Å². The van der Waals surface area contributed by atoms with Crippen LogP contribution in [0, 0.1) is 17.8 Å². The molecule has 1 aliphatic carbocycles. The van der Waals surface area contributed by atoms with E-state index in [0.29, 0.717) is 11.8 Å². The summed E-state index contributed by atoms with van der Waals surface area (Å²) in [5.41, 5.74) is 5.99. The Kier molecular flexibility index (Phi) is 4.62. The first-order valence-electron chi connectivity index (χ1n) is 7.28. The van der Waals surface area contributed by atoms with E-state index in [0.717, 1.165) is 38.9 Å². The van der Waals surface area contributed by atoms with E-state index >= 15 is 0 Å². The average Bonchev–Trinajstić information content (AvgIpc) is 2.75. The number of hydrogen-bond donors (Lipinski definition) is 2. The monoisotopic (exact) mass is 253 g/mol. The second-order valence-corrected chi connectivity index (χ2v) is 6.31. The second-order valence-electron chi connectivity index (χ2n) is 6.31. The maximum Gasteiger partial charge on any atom is 0.223 e. The second kappa shape index (κ2) is 6.02. The Labute approximate surface area is 110 Å². The molecule has 1 heterocycles. The molecule has 2 aliphatic rings. The number of rotatable bonds is 3. The molecular weight excluding hydrogens is 226 g/mol. The van der Waals surface area contributed by atoms with Gasteiger partial charge in [0, 0.05) is 25.0 Å². The summed E-state index contributed by atoms with van der Waals surface area (Å²) in [6, 6.07) is 0.289. The molecule has 2 rings (SSSR count). The highest BCUT2D eigenvalue weighted by atomic mass is 16.1. The van der Waals surface area contributed by atoms with Crippen LogP contribution in [0.25, 0.3) is 0 Å². The van der Waals surface area contributed by atoms with Gasteiger partial charge in [-0.15, -0.1) is 0 Å². The van der Waals surface area contributed by atoms with Crippen molar-refractivity contribution in [3.63, 3.8) is 0 Å². The zero-order valence-electron chi connectivity index (χ0n) is 11.7. The van der Waals surface area contributed by atoms with Crippen LogP contribution in [0.15, 0.2) is 0 Å². The van der Waals surface area contributed by atoms with Crippen LogP contribution in [0.3, 0.4) is 0 Å². The van der Waals surface area contributed by atoms with Gasteiger partial charge in [-0.3, -0.25) is 4.79 Å². The largest absolute Gasteiger partial charge is 0.356 e. The Bertz CT molecular complexity index is 295. The summed E-state index contributed by atoms with van der Waals surface area (Å²) < 4.78 is 0. The van der Waals surface area contributed by atoms with E-state index in [1.807, 2.05) is 0 Å². The Hall–Kier alpha value is -0.610. The topological polar surface area (TPSA) is 58.4 Å². The molecule has 1 amide bonds. The summed E-state index contributed by atoms with van der Waals surface area (Å²) in [4.78, 5) is 14.5. The quantitative estimate of drug-likeness (QED) is 0.783. The Balaban J connectivity index is 1.71. The molecule has 104 valence electrons. The van der Waals surface area contributed by atoms with Gasteiger partial charge in [-0.1, -0.05) is 6.92 Å². The van der Waals surface area contributed by atoms with E-state index in [1.165, 1.54) is 6.42 Å². The van der Waals surface area contributed by atoms with Gasteiger partial charge in [0.15, 0.2) is 0 Å². The SMILES string of the molecule is CC1CC(C(=O)NCC2CCN(C)C2)CCC1N. The van der Waals surface area contributed by atoms with E-state index in [1.54, 1.807) is 0 Å². The van der Waals surface area contributed by atoms with Crippen LogP contribution in [-0.4, -0.2) is 43.5 Å². The van der Waals surface area contributed by atoms with Crippen molar-refractivity contribution < 1.29 is 4.79 Å². The molecule has 1 saturated carbocycles. The van der Waals surface area contributed by atoms with Crippen molar-refractivity contribution in [2.45, 2.75) is 38.6 Å². The predicted molar refractivity (Wildman–Crippen MR) is 73.1 cm³/mol. The van der Waals surface area contributed by atoms with Crippen LogP contribution < -0.4 is 11.1 Å². The molecule has 1 saturated heterocycles. The van der Waals surface area contributed by atoms with Crippen molar-refractivity contribution in [2.24, 2.45) is 23.5 Å². The van der Waals surface area contributed by atoms with Gasteiger partial charge in [-0.25, -0.2) is 0 Å². The summed E-state index contributed by atoms with van der Waals surface area (Å²) in [5.74, 6) is 1.57. The lowest BCUT2D eigenvalue weighted by atomic mass is 9.79. The third kappa shape index (κ3) is 3.45. The van der Waals surface area contributed by atoms with Crippen LogP contribution in [0.4, 0.5) is 0 Å². The smallest absolute Gasteiger partial charge is 0.223 e. The molecule has 4 atom stereocenters. The lowest BCUT2D eigenvalue weighted by Crippen LogP contribution is -2.41. The van der Waals surface area contributed by atoms with Gasteiger partial charge in [-0.05, 0) is 51.1 Å². The number of amides is 1. The minimum atomic E-state index is 0.193. The number of carbonyl (C=O) groups is 1. The first-order chi connectivity index (χ1) is 8.56. The van der Waals surface area contributed by atoms with E-state index < -0.39 is 0 Å². The first-order valence-corrected chi connectivity index (χ1v) is 7.28. The molecule has 0 aromatic carbocycles. The van der Waals surface area contributed by atoms with E-state index in [9.17, 15) is 4.79 Å². The van der Waals surface area contributed by atoms with Gasteiger partial charge in [-0.2, -0.15) is 0 Å². The highest BCUT2D eigenvalue weighted by molar-refractivity contribution is 5.78. The normalized spacial score (nSPS) is 37.7. The van der Waals surface area contributed by atoms with Crippen molar-refractivity contribution in [1.82, 2.24) is 10.2 Å². The number of likely N-dealkylation sites (tertiary alicyclic amines) is 1. The lowest BCUT2D eigenvalue weighted by Gasteiger charge is -2.31. The minimum absolute atomic E-state index is 0.193. The van der Waals surface area contributed by atoms with Crippen molar-refractivity contribution in [3.05, 3.63) is 0 Å². The molecule has 4 nitrogen and oxygen atoms in total. The molecular formula is C14H27N3O. The predicted octanol–water partition coefficient (Wildman–Crippen LogP) is 0.818. The Morgan fingerprint density at radius 2 is 2.17 bits per heavy atom. The van der Waals surface area contributed by atoms with Gasteiger partial charge >= 0.3 is 0 Å². The standard InChI is InChI=1S/C14H27N3O/c1-10-7-12(3-4-13(10)15)14(18)16-8-11-5-6-17(2)9-11/h10-13H,3-9,15H2,1-2H3,(H,16,18). The average molecular weight is 253 g/mol. The van der Waals surface area contributed by atoms with Gasteiger partial charge in [0.05, 0.1) is 0 Å². The number of nitrogens with two attached hydrogens (primary N) is 1. The first kappa shape index (κ1) is 13.8. The third-order valence-corrected chi connectivity index (χ3v) is 4.66. The highest BCUT2D eigenvalue weighted by Crippen LogP contribution is 2.28. The summed E-state index contributed by atoms with van der Waals surface area (Å²) in [6.45, 7) is 5.29. The summed E-state index contributed by atoms with van der Waals surface area (Å²) in [7, 11) is 2.14. The molecule has 4 unspecified atom stereocenters. The van der Waals surface area contributed by atoms with Gasteiger partial charge in [0.25, 0.3) is 0 Å². The summed E-state index contributed by atoms with van der Waals surface area (Å²) >= 11 is 0. The van der Waals surface area contributed by atoms with E-state index in [2.05, 4.69) is 24.2 Å². The molecule has 4 heteroatoms. The zero-order valence-corrected chi connectivity index (χ0v) is 11.7. The maximum atomic E-state index is 12.1. The van der Waals surface area contributed by atoms with Gasteiger partial charge in [0.2, 0.25) is 5.91 Å². The molecule has 0 aromatic heterocycles. The zero-order chi connectivity index (χ0) is 13.1. The van der Waals surface area contributed by atoms with E-state index in [4.69, 9.17) is 5.73 Å². The number of hydrogen-bond acceptors (Lipinski definition) is 3. The molecule has 18 heavy (non-hydrogen) atoms.